The Bertz CT molecular complexity index is 866. The molecule has 7 nitrogen and oxygen atoms in total. The Morgan fingerprint density at radius 1 is 1.14 bits per heavy atom. The van der Waals surface area contributed by atoms with Crippen LogP contribution in [0.15, 0.2) is 28.8 Å². The highest BCUT2D eigenvalue weighted by Gasteiger charge is 2.29. The van der Waals surface area contributed by atoms with Gasteiger partial charge in [0.15, 0.2) is 5.69 Å². The van der Waals surface area contributed by atoms with Gasteiger partial charge >= 0.3 is 0 Å². The predicted octanol–water partition coefficient (Wildman–Crippen LogP) is 2.84. The molecule has 4 rings (SSSR count). The van der Waals surface area contributed by atoms with Gasteiger partial charge in [-0.3, -0.25) is 9.59 Å². The number of amides is 2. The van der Waals surface area contributed by atoms with Crippen LogP contribution in [0.1, 0.15) is 63.8 Å². The lowest BCUT2D eigenvalue weighted by molar-refractivity contribution is 0.0943. The third-order valence-corrected chi connectivity index (χ3v) is 5.49. The molecule has 0 bridgehead atoms. The summed E-state index contributed by atoms with van der Waals surface area (Å²) < 4.78 is 5.24. The minimum Gasteiger partial charge on any atom is -0.360 e. The summed E-state index contributed by atoms with van der Waals surface area (Å²) in [5.41, 5.74) is 2.37. The molecule has 0 unspecified atom stereocenters. The van der Waals surface area contributed by atoms with E-state index in [1.807, 2.05) is 6.92 Å². The highest BCUT2D eigenvalue weighted by molar-refractivity contribution is 6.03. The van der Waals surface area contributed by atoms with E-state index >= 15 is 0 Å². The fourth-order valence-corrected chi connectivity index (χ4v) is 3.51. The third-order valence-electron chi connectivity index (χ3n) is 5.49. The van der Waals surface area contributed by atoms with Crippen molar-refractivity contribution in [3.05, 3.63) is 46.8 Å². The van der Waals surface area contributed by atoms with Crippen molar-refractivity contribution in [3.8, 4) is 0 Å². The lowest BCUT2D eigenvalue weighted by atomic mass is 9.98. The molecule has 1 aromatic heterocycles. The van der Waals surface area contributed by atoms with Gasteiger partial charge in [-0.25, -0.2) is 0 Å². The second-order valence-electron chi connectivity index (χ2n) is 7.78. The molecule has 0 radical (unpaired) electrons. The Kier molecular flexibility index (Phi) is 5.43. The number of aromatic nitrogens is 1. The predicted molar refractivity (Wildman–Crippen MR) is 106 cm³/mol. The van der Waals surface area contributed by atoms with E-state index in [4.69, 9.17) is 4.52 Å². The van der Waals surface area contributed by atoms with Gasteiger partial charge in [0.2, 0.25) is 0 Å². The van der Waals surface area contributed by atoms with Crippen molar-refractivity contribution in [3.63, 3.8) is 0 Å². The molecule has 148 valence electrons. The largest absolute Gasteiger partial charge is 0.360 e. The molecular formula is C21H26N4O3. The normalized spacial score (nSPS) is 17.3. The van der Waals surface area contributed by atoms with Gasteiger partial charge in [-0.1, -0.05) is 5.16 Å². The maximum atomic E-state index is 12.4. The van der Waals surface area contributed by atoms with Crippen LogP contribution in [0.2, 0.25) is 0 Å². The molecule has 1 saturated carbocycles. The van der Waals surface area contributed by atoms with Crippen LogP contribution in [-0.4, -0.2) is 36.6 Å². The van der Waals surface area contributed by atoms with Gasteiger partial charge in [-0.15, -0.1) is 0 Å². The van der Waals surface area contributed by atoms with Crippen molar-refractivity contribution in [1.29, 1.82) is 0 Å². The van der Waals surface area contributed by atoms with Crippen LogP contribution in [0.5, 0.6) is 0 Å². The van der Waals surface area contributed by atoms with Gasteiger partial charge < -0.3 is 20.5 Å². The molecule has 1 aromatic carbocycles. The second-order valence-corrected chi connectivity index (χ2v) is 7.78. The van der Waals surface area contributed by atoms with Crippen LogP contribution in [0.25, 0.3) is 0 Å². The van der Waals surface area contributed by atoms with Crippen LogP contribution in [-0.2, 0) is 0 Å². The molecule has 1 saturated heterocycles. The molecule has 0 atom stereocenters. The van der Waals surface area contributed by atoms with E-state index < -0.39 is 0 Å². The Hall–Kier alpha value is -2.67. The molecule has 7 heteroatoms. The minimum atomic E-state index is -0.304. The molecule has 3 N–H and O–H groups in total. The number of hydrogen-bond donors (Lipinski definition) is 3. The van der Waals surface area contributed by atoms with E-state index in [0.29, 0.717) is 29.6 Å². The van der Waals surface area contributed by atoms with Crippen molar-refractivity contribution in [1.82, 2.24) is 15.8 Å². The van der Waals surface area contributed by atoms with E-state index in [9.17, 15) is 9.59 Å². The van der Waals surface area contributed by atoms with Gasteiger partial charge in [0.25, 0.3) is 11.8 Å². The first-order chi connectivity index (χ1) is 13.6. The van der Waals surface area contributed by atoms with E-state index in [0.717, 1.165) is 50.1 Å². The highest BCUT2D eigenvalue weighted by Crippen LogP contribution is 2.40. The first kappa shape index (κ1) is 18.7. The molecule has 2 fully saturated rings. The van der Waals surface area contributed by atoms with Gasteiger partial charge in [-0.2, -0.15) is 0 Å². The molecule has 1 aliphatic heterocycles. The fraction of sp³-hybridized carbons (Fsp3) is 0.476. The smallest absolute Gasteiger partial charge is 0.277 e. The van der Waals surface area contributed by atoms with Gasteiger partial charge in [0.05, 0.1) is 0 Å². The molecule has 1 aliphatic carbocycles. The summed E-state index contributed by atoms with van der Waals surface area (Å²) in [5, 5.41) is 13.1. The van der Waals surface area contributed by atoms with Crippen LogP contribution in [0, 0.1) is 12.8 Å². The molecular weight excluding hydrogens is 356 g/mol. The summed E-state index contributed by atoms with van der Waals surface area (Å²) in [6.07, 6.45) is 4.37. The van der Waals surface area contributed by atoms with E-state index in [2.05, 4.69) is 21.1 Å². The maximum Gasteiger partial charge on any atom is 0.277 e. The minimum absolute atomic E-state index is 0.0786. The standard InChI is InChI=1S/C21H26N4O3/c1-13-10-16(20(26)23-12-14-6-8-22-9-7-14)4-5-17(13)24-21(27)18-11-19(28-25-18)15-2-3-15/h4-5,10-11,14-15,22H,2-3,6-9,12H2,1H3,(H,23,26)(H,24,27). The zero-order valence-electron chi connectivity index (χ0n) is 16.1. The van der Waals surface area contributed by atoms with Gasteiger partial charge in [0.1, 0.15) is 5.76 Å². The number of aryl methyl sites for hydroxylation is 1. The number of hydrogen-bond acceptors (Lipinski definition) is 5. The number of nitrogens with one attached hydrogen (secondary N) is 3. The van der Waals surface area contributed by atoms with Crippen molar-refractivity contribution < 1.29 is 14.1 Å². The number of piperidine rings is 1. The zero-order chi connectivity index (χ0) is 19.5. The first-order valence-corrected chi connectivity index (χ1v) is 9.97. The Morgan fingerprint density at radius 2 is 1.93 bits per heavy atom. The number of carbonyl (C=O) groups is 2. The number of anilines is 1. The molecule has 2 heterocycles. The fourth-order valence-electron chi connectivity index (χ4n) is 3.51. The van der Waals surface area contributed by atoms with Crippen LogP contribution < -0.4 is 16.0 Å². The maximum absolute atomic E-state index is 12.4. The summed E-state index contributed by atoms with van der Waals surface area (Å²) in [7, 11) is 0. The van der Waals surface area contributed by atoms with Gasteiger partial charge in [-0.05, 0) is 75.4 Å². The molecule has 2 aromatic rings. The second kappa shape index (κ2) is 8.14. The summed E-state index contributed by atoms with van der Waals surface area (Å²) in [4.78, 5) is 24.8. The summed E-state index contributed by atoms with van der Waals surface area (Å²) >= 11 is 0. The zero-order valence-corrected chi connectivity index (χ0v) is 16.1. The monoisotopic (exact) mass is 382 g/mol. The SMILES string of the molecule is Cc1cc(C(=O)NCC2CCNCC2)ccc1NC(=O)c1cc(C2CC2)on1. The summed E-state index contributed by atoms with van der Waals surface area (Å²) in [5.74, 6) is 1.35. The summed E-state index contributed by atoms with van der Waals surface area (Å²) in [6, 6.07) is 7.00. The van der Waals surface area contributed by atoms with Crippen LogP contribution in [0.3, 0.4) is 0 Å². The van der Waals surface area contributed by atoms with Crippen molar-refractivity contribution >= 4 is 17.5 Å². The number of nitrogens with zero attached hydrogens (tertiary/aromatic N) is 1. The molecule has 2 amide bonds. The van der Waals surface area contributed by atoms with Crippen LogP contribution in [0.4, 0.5) is 5.69 Å². The van der Waals surface area contributed by atoms with Crippen molar-refractivity contribution in [2.75, 3.05) is 25.0 Å². The van der Waals surface area contributed by atoms with Crippen molar-refractivity contribution in [2.45, 2.75) is 38.5 Å². The van der Waals surface area contributed by atoms with Crippen molar-refractivity contribution in [2.24, 2.45) is 5.92 Å². The van der Waals surface area contributed by atoms with Gasteiger partial charge in [0, 0.05) is 29.8 Å². The molecule has 0 spiro atoms. The molecule has 2 aliphatic rings. The van der Waals surface area contributed by atoms with E-state index in [1.54, 1.807) is 24.3 Å². The Morgan fingerprint density at radius 3 is 2.64 bits per heavy atom. The number of benzene rings is 1. The first-order valence-electron chi connectivity index (χ1n) is 9.97. The number of rotatable bonds is 6. The number of carbonyl (C=O) groups excluding carboxylic acids is 2. The highest BCUT2D eigenvalue weighted by atomic mass is 16.5. The summed E-state index contributed by atoms with van der Waals surface area (Å²) in [6.45, 7) is 4.61. The third kappa shape index (κ3) is 4.42. The Balaban J connectivity index is 1.35. The Labute approximate surface area is 164 Å². The molecule has 28 heavy (non-hydrogen) atoms. The van der Waals surface area contributed by atoms with Crippen LogP contribution >= 0.6 is 0 Å². The lowest BCUT2D eigenvalue weighted by Gasteiger charge is -2.22. The average molecular weight is 382 g/mol. The van der Waals surface area contributed by atoms with E-state index in [1.165, 1.54) is 0 Å². The average Bonchev–Trinajstić information content (AvgIpc) is 3.44. The lowest BCUT2D eigenvalue weighted by Crippen LogP contribution is -2.36. The topological polar surface area (TPSA) is 96.3 Å². The van der Waals surface area contributed by atoms with E-state index in [-0.39, 0.29) is 17.5 Å². The quantitative estimate of drug-likeness (QED) is 0.714.